The highest BCUT2D eigenvalue weighted by atomic mass is 16.5. The molecule has 0 saturated carbocycles. The summed E-state index contributed by atoms with van der Waals surface area (Å²) in [6, 6.07) is 9.89. The fraction of sp³-hybridized carbons (Fsp3) is 0.400. The summed E-state index contributed by atoms with van der Waals surface area (Å²) in [7, 11) is 1.64. The molecule has 5 nitrogen and oxygen atoms in total. The van der Waals surface area contributed by atoms with E-state index in [1.54, 1.807) is 19.5 Å². The number of piperidine rings is 1. The minimum absolute atomic E-state index is 0.0772. The van der Waals surface area contributed by atoms with Crippen molar-refractivity contribution in [2.45, 2.75) is 38.6 Å². The second kappa shape index (κ2) is 8.01. The van der Waals surface area contributed by atoms with E-state index in [4.69, 9.17) is 4.74 Å². The highest BCUT2D eigenvalue weighted by Crippen LogP contribution is 2.24. The van der Waals surface area contributed by atoms with E-state index in [2.05, 4.69) is 17.2 Å². The zero-order valence-electron chi connectivity index (χ0n) is 14.9. The first kappa shape index (κ1) is 17.3. The van der Waals surface area contributed by atoms with E-state index in [0.29, 0.717) is 11.6 Å². The van der Waals surface area contributed by atoms with Crippen molar-refractivity contribution < 1.29 is 9.53 Å². The molecule has 2 aromatic rings. The molecule has 0 aliphatic carbocycles. The number of nitrogens with zero attached hydrogens (tertiary/aromatic N) is 2. The number of benzene rings is 1. The molecular weight excluding hydrogens is 314 g/mol. The van der Waals surface area contributed by atoms with E-state index in [1.165, 1.54) is 6.42 Å². The number of methoxy groups -OCH3 is 1. The molecule has 1 aliphatic rings. The van der Waals surface area contributed by atoms with Gasteiger partial charge in [0, 0.05) is 30.5 Å². The number of carbonyl (C=O) groups excluding carboxylic acids is 1. The second-order valence-electron chi connectivity index (χ2n) is 6.38. The first-order valence-electron chi connectivity index (χ1n) is 8.88. The Morgan fingerprint density at radius 2 is 2.16 bits per heavy atom. The Balaban J connectivity index is 1.77. The molecule has 2 heterocycles. The van der Waals surface area contributed by atoms with Crippen LogP contribution in [-0.4, -0.2) is 35.5 Å². The van der Waals surface area contributed by atoms with Gasteiger partial charge in [0.2, 0.25) is 0 Å². The molecule has 5 heteroatoms. The zero-order valence-corrected chi connectivity index (χ0v) is 14.9. The summed E-state index contributed by atoms with van der Waals surface area (Å²) < 4.78 is 5.24. The van der Waals surface area contributed by atoms with Gasteiger partial charge in [-0.15, -0.1) is 0 Å². The fourth-order valence-electron chi connectivity index (χ4n) is 3.35. The van der Waals surface area contributed by atoms with Gasteiger partial charge in [0.25, 0.3) is 5.91 Å². The molecule has 3 rings (SSSR count). The number of anilines is 2. The number of rotatable bonds is 5. The van der Waals surface area contributed by atoms with Crippen LogP contribution < -0.4 is 10.1 Å². The van der Waals surface area contributed by atoms with Crippen molar-refractivity contribution in [2.75, 3.05) is 19.0 Å². The lowest BCUT2D eigenvalue weighted by Gasteiger charge is -2.35. The van der Waals surface area contributed by atoms with E-state index >= 15 is 0 Å². The monoisotopic (exact) mass is 339 g/mol. The van der Waals surface area contributed by atoms with E-state index < -0.39 is 0 Å². The van der Waals surface area contributed by atoms with Gasteiger partial charge in [-0.1, -0.05) is 13.0 Å². The first-order chi connectivity index (χ1) is 12.2. The number of amides is 1. The summed E-state index contributed by atoms with van der Waals surface area (Å²) in [4.78, 5) is 19.2. The van der Waals surface area contributed by atoms with Gasteiger partial charge in [0.1, 0.15) is 5.75 Å². The zero-order chi connectivity index (χ0) is 17.6. The number of carbonyl (C=O) groups is 1. The van der Waals surface area contributed by atoms with Gasteiger partial charge in [0.05, 0.1) is 24.6 Å². The molecule has 1 atom stereocenters. The Morgan fingerprint density at radius 1 is 1.28 bits per heavy atom. The lowest BCUT2D eigenvalue weighted by atomic mass is 9.99. The lowest BCUT2D eigenvalue weighted by Crippen LogP contribution is -2.43. The highest BCUT2D eigenvalue weighted by molar-refractivity contribution is 5.95. The number of pyridine rings is 1. The minimum Gasteiger partial charge on any atom is -0.497 e. The van der Waals surface area contributed by atoms with Crippen LogP contribution in [0.25, 0.3) is 0 Å². The van der Waals surface area contributed by atoms with Crippen LogP contribution >= 0.6 is 0 Å². The third-order valence-electron chi connectivity index (χ3n) is 4.70. The third kappa shape index (κ3) is 4.10. The van der Waals surface area contributed by atoms with Crippen LogP contribution in [0.1, 0.15) is 43.0 Å². The number of ether oxygens (including phenoxy) is 1. The summed E-state index contributed by atoms with van der Waals surface area (Å²) in [5, 5.41) is 3.29. The largest absolute Gasteiger partial charge is 0.497 e. The van der Waals surface area contributed by atoms with Crippen LogP contribution in [0, 0.1) is 0 Å². The average molecular weight is 339 g/mol. The summed E-state index contributed by atoms with van der Waals surface area (Å²) in [6.45, 7) is 2.99. The third-order valence-corrected chi connectivity index (χ3v) is 4.70. The molecule has 0 spiro atoms. The van der Waals surface area contributed by atoms with Crippen LogP contribution in [0.3, 0.4) is 0 Å². The van der Waals surface area contributed by atoms with E-state index in [1.807, 2.05) is 35.2 Å². The Morgan fingerprint density at radius 3 is 2.96 bits per heavy atom. The topological polar surface area (TPSA) is 54.5 Å². The van der Waals surface area contributed by atoms with Gasteiger partial charge in [0.15, 0.2) is 0 Å². The molecule has 1 aliphatic heterocycles. The molecule has 1 aromatic heterocycles. The SMILES string of the molecule is CCC1CCCCN1C(=O)c1cncc(Nc2cccc(OC)c2)c1. The Hall–Kier alpha value is -2.56. The quantitative estimate of drug-likeness (QED) is 0.885. The molecule has 25 heavy (non-hydrogen) atoms. The van der Waals surface area contributed by atoms with Crippen molar-refractivity contribution in [2.24, 2.45) is 0 Å². The molecule has 1 N–H and O–H groups in total. The first-order valence-corrected chi connectivity index (χ1v) is 8.88. The molecule has 0 bridgehead atoms. The molecule has 1 amide bonds. The predicted octanol–water partition coefficient (Wildman–Crippen LogP) is 4.24. The van der Waals surface area contributed by atoms with Crippen LogP contribution in [0.4, 0.5) is 11.4 Å². The fourth-order valence-corrected chi connectivity index (χ4v) is 3.35. The van der Waals surface area contributed by atoms with Gasteiger partial charge in [-0.3, -0.25) is 9.78 Å². The van der Waals surface area contributed by atoms with Crippen molar-refractivity contribution in [1.82, 2.24) is 9.88 Å². The van der Waals surface area contributed by atoms with E-state index in [0.717, 1.165) is 42.9 Å². The summed E-state index contributed by atoms with van der Waals surface area (Å²) in [5.74, 6) is 0.859. The number of hydrogen-bond acceptors (Lipinski definition) is 4. The Kier molecular flexibility index (Phi) is 5.53. The molecule has 1 saturated heterocycles. The van der Waals surface area contributed by atoms with Crippen LogP contribution in [0.2, 0.25) is 0 Å². The molecule has 1 aromatic carbocycles. The van der Waals surface area contributed by atoms with Crippen molar-refractivity contribution >= 4 is 17.3 Å². The number of nitrogens with one attached hydrogen (secondary N) is 1. The second-order valence-corrected chi connectivity index (χ2v) is 6.38. The number of aromatic nitrogens is 1. The average Bonchev–Trinajstić information content (AvgIpc) is 2.67. The maximum Gasteiger partial charge on any atom is 0.255 e. The van der Waals surface area contributed by atoms with Crippen molar-refractivity contribution in [3.63, 3.8) is 0 Å². The summed E-state index contributed by atoms with van der Waals surface area (Å²) in [6.07, 6.45) is 7.76. The maximum absolute atomic E-state index is 12.9. The smallest absolute Gasteiger partial charge is 0.255 e. The highest BCUT2D eigenvalue weighted by Gasteiger charge is 2.26. The van der Waals surface area contributed by atoms with Gasteiger partial charge in [-0.25, -0.2) is 0 Å². The lowest BCUT2D eigenvalue weighted by molar-refractivity contribution is 0.0607. The summed E-state index contributed by atoms with van der Waals surface area (Å²) in [5.41, 5.74) is 2.33. The van der Waals surface area contributed by atoms with E-state index in [9.17, 15) is 4.79 Å². The van der Waals surface area contributed by atoms with Crippen molar-refractivity contribution in [3.05, 3.63) is 48.3 Å². The predicted molar refractivity (Wildman–Crippen MR) is 99.5 cm³/mol. The molecule has 132 valence electrons. The van der Waals surface area contributed by atoms with Crippen molar-refractivity contribution in [1.29, 1.82) is 0 Å². The van der Waals surface area contributed by atoms with Gasteiger partial charge >= 0.3 is 0 Å². The molecule has 1 fully saturated rings. The van der Waals surface area contributed by atoms with Crippen molar-refractivity contribution in [3.8, 4) is 5.75 Å². The number of hydrogen-bond donors (Lipinski definition) is 1. The maximum atomic E-state index is 12.9. The van der Waals surface area contributed by atoms with Crippen LogP contribution in [-0.2, 0) is 0 Å². The van der Waals surface area contributed by atoms with E-state index in [-0.39, 0.29) is 5.91 Å². The molecule has 0 radical (unpaired) electrons. The number of likely N-dealkylation sites (tertiary alicyclic amines) is 1. The molecule has 1 unspecified atom stereocenters. The van der Waals surface area contributed by atoms with Gasteiger partial charge < -0.3 is 15.0 Å². The Bertz CT molecular complexity index is 732. The minimum atomic E-state index is 0.0772. The summed E-state index contributed by atoms with van der Waals surface area (Å²) >= 11 is 0. The Labute approximate surface area is 149 Å². The van der Waals surface area contributed by atoms with Crippen LogP contribution in [0.5, 0.6) is 5.75 Å². The normalized spacial score (nSPS) is 17.2. The standard InChI is InChI=1S/C20H25N3O2/c1-3-18-8-4-5-10-23(18)20(24)15-11-17(14-21-13-15)22-16-7-6-9-19(12-16)25-2/h6-7,9,11-14,18,22H,3-5,8,10H2,1-2H3. The van der Waals surface area contributed by atoms with Gasteiger partial charge in [-0.2, -0.15) is 0 Å². The molecular formula is C20H25N3O2. The van der Waals surface area contributed by atoms with Gasteiger partial charge in [-0.05, 0) is 43.9 Å². The van der Waals surface area contributed by atoms with Crippen LogP contribution in [0.15, 0.2) is 42.7 Å².